The first-order valence-corrected chi connectivity index (χ1v) is 8.40. The van der Waals surface area contributed by atoms with Gasteiger partial charge in [-0.3, -0.25) is 10.1 Å². The molecular weight excluding hydrogens is 344 g/mol. The van der Waals surface area contributed by atoms with Crippen LogP contribution in [0.25, 0.3) is 22.4 Å². The molecule has 0 unspecified atom stereocenters. The highest BCUT2D eigenvalue weighted by Gasteiger charge is 2.17. The summed E-state index contributed by atoms with van der Waals surface area (Å²) < 4.78 is 21.3. The number of hydrogen-bond donors (Lipinski definition) is 1. The van der Waals surface area contributed by atoms with Crippen LogP contribution in [0.15, 0.2) is 46.1 Å². The van der Waals surface area contributed by atoms with E-state index >= 15 is 0 Å². The lowest BCUT2D eigenvalue weighted by atomic mass is 10.2. The summed E-state index contributed by atoms with van der Waals surface area (Å²) in [4.78, 5) is 16.5. The van der Waals surface area contributed by atoms with Crippen molar-refractivity contribution in [1.29, 1.82) is 0 Å². The van der Waals surface area contributed by atoms with Crippen LogP contribution in [-0.2, 0) is 14.3 Å². The van der Waals surface area contributed by atoms with Gasteiger partial charge in [-0.25, -0.2) is 4.98 Å². The zero-order valence-corrected chi connectivity index (χ0v) is 14.1. The molecule has 1 aliphatic heterocycles. The van der Waals surface area contributed by atoms with Gasteiger partial charge in [-0.2, -0.15) is 0 Å². The van der Waals surface area contributed by atoms with Crippen LogP contribution < -0.4 is 10.1 Å². The van der Waals surface area contributed by atoms with Crippen LogP contribution in [0.5, 0.6) is 5.75 Å². The Morgan fingerprint density at radius 3 is 3.04 bits per heavy atom. The van der Waals surface area contributed by atoms with E-state index in [1.165, 1.54) is 17.6 Å². The van der Waals surface area contributed by atoms with Crippen molar-refractivity contribution >= 4 is 33.3 Å². The van der Waals surface area contributed by atoms with Crippen LogP contribution in [0.4, 0.5) is 5.13 Å². The highest BCUT2D eigenvalue weighted by atomic mass is 32.1. The van der Waals surface area contributed by atoms with Crippen molar-refractivity contribution in [3.8, 4) is 17.2 Å². The van der Waals surface area contributed by atoms with Crippen LogP contribution in [0.2, 0.25) is 0 Å². The third-order valence-corrected chi connectivity index (χ3v) is 4.33. The average Bonchev–Trinajstić information content (AvgIpc) is 3.28. The number of thiazole rings is 1. The molecule has 2 aromatic heterocycles. The highest BCUT2D eigenvalue weighted by molar-refractivity contribution is 7.14. The Bertz CT molecular complexity index is 959. The number of amides is 1. The second-order valence-corrected chi connectivity index (χ2v) is 6.07. The Hall–Kier alpha value is -3.00. The van der Waals surface area contributed by atoms with E-state index in [0.29, 0.717) is 29.8 Å². The molecule has 1 N–H and O–H groups in total. The van der Waals surface area contributed by atoms with Crippen molar-refractivity contribution in [2.75, 3.05) is 25.6 Å². The minimum absolute atomic E-state index is 0.138. The first-order valence-electron chi connectivity index (χ1n) is 7.52. The Balaban J connectivity index is 1.54. The number of nitrogens with one attached hydrogen (secondary N) is 1. The van der Waals surface area contributed by atoms with Crippen molar-refractivity contribution in [3.05, 3.63) is 41.7 Å². The minimum atomic E-state index is -0.394. The van der Waals surface area contributed by atoms with Crippen LogP contribution in [-0.4, -0.2) is 31.2 Å². The number of methoxy groups -OCH3 is 1. The summed E-state index contributed by atoms with van der Waals surface area (Å²) in [5.74, 6) is 1.12. The fraction of sp³-hybridized carbons (Fsp3) is 0.176. The molecular formula is C17H14N2O5S. The number of rotatable bonds is 4. The summed E-state index contributed by atoms with van der Waals surface area (Å²) in [5, 5.41) is 5.88. The Morgan fingerprint density at radius 1 is 1.32 bits per heavy atom. The number of fused-ring (bicyclic) bond motifs is 1. The van der Waals surface area contributed by atoms with E-state index in [-0.39, 0.29) is 5.76 Å². The number of anilines is 1. The molecule has 128 valence electrons. The zero-order valence-electron chi connectivity index (χ0n) is 13.3. The van der Waals surface area contributed by atoms with Gasteiger partial charge in [-0.1, -0.05) is 0 Å². The largest absolute Gasteiger partial charge is 0.497 e. The first kappa shape index (κ1) is 15.5. The van der Waals surface area contributed by atoms with Gasteiger partial charge in [0.05, 0.1) is 7.11 Å². The molecule has 8 heteroatoms. The van der Waals surface area contributed by atoms with Gasteiger partial charge >= 0.3 is 0 Å². The van der Waals surface area contributed by atoms with E-state index in [9.17, 15) is 4.79 Å². The summed E-state index contributed by atoms with van der Waals surface area (Å²) in [5.41, 5.74) is 1.39. The van der Waals surface area contributed by atoms with Crippen molar-refractivity contribution in [2.45, 2.75) is 0 Å². The van der Waals surface area contributed by atoms with Gasteiger partial charge in [0.1, 0.15) is 36.5 Å². The molecule has 25 heavy (non-hydrogen) atoms. The van der Waals surface area contributed by atoms with E-state index in [1.54, 1.807) is 7.11 Å². The van der Waals surface area contributed by atoms with Gasteiger partial charge in [0.2, 0.25) is 5.76 Å². The number of aromatic nitrogens is 1. The maximum atomic E-state index is 12.1. The molecule has 0 aliphatic carbocycles. The molecule has 3 aromatic rings. The molecule has 0 saturated heterocycles. The van der Waals surface area contributed by atoms with Crippen molar-refractivity contribution in [2.24, 2.45) is 0 Å². The molecule has 3 heterocycles. The summed E-state index contributed by atoms with van der Waals surface area (Å²) >= 11 is 1.30. The summed E-state index contributed by atoms with van der Waals surface area (Å²) in [6.07, 6.45) is 1.31. The first-order chi connectivity index (χ1) is 12.2. The molecule has 0 spiro atoms. The number of carbonyl (C=O) groups is 1. The number of nitrogens with zero attached hydrogens (tertiary/aromatic N) is 1. The Labute approximate surface area is 146 Å². The third-order valence-electron chi connectivity index (χ3n) is 3.57. The Morgan fingerprint density at radius 2 is 2.24 bits per heavy atom. The van der Waals surface area contributed by atoms with E-state index in [2.05, 4.69) is 10.3 Å². The lowest BCUT2D eigenvalue weighted by Gasteiger charge is -2.14. The van der Waals surface area contributed by atoms with Crippen LogP contribution in [0, 0.1) is 0 Å². The highest BCUT2D eigenvalue weighted by Crippen LogP contribution is 2.32. The molecule has 0 fully saturated rings. The fourth-order valence-electron chi connectivity index (χ4n) is 2.37. The molecule has 1 aliphatic rings. The van der Waals surface area contributed by atoms with E-state index in [0.717, 1.165) is 16.7 Å². The fourth-order valence-corrected chi connectivity index (χ4v) is 3.06. The zero-order chi connectivity index (χ0) is 17.2. The smallest absolute Gasteiger partial charge is 0.295 e. The molecule has 0 saturated carbocycles. The summed E-state index contributed by atoms with van der Waals surface area (Å²) in [7, 11) is 1.62. The molecule has 7 nitrogen and oxygen atoms in total. The number of benzene rings is 1. The number of carbonyl (C=O) groups excluding carboxylic acids is 1. The molecule has 1 amide bonds. The topological polar surface area (TPSA) is 82.8 Å². The van der Waals surface area contributed by atoms with E-state index in [4.69, 9.17) is 18.6 Å². The number of ether oxygens (including phenoxy) is 3. The van der Waals surface area contributed by atoms with Crippen molar-refractivity contribution in [3.63, 3.8) is 0 Å². The van der Waals surface area contributed by atoms with Gasteiger partial charge in [-0.15, -0.1) is 11.3 Å². The monoisotopic (exact) mass is 358 g/mol. The number of furan rings is 1. The third kappa shape index (κ3) is 3.16. The van der Waals surface area contributed by atoms with E-state index < -0.39 is 5.91 Å². The lowest BCUT2D eigenvalue weighted by molar-refractivity contribution is -0.117. The van der Waals surface area contributed by atoms with Gasteiger partial charge in [0.25, 0.3) is 5.91 Å². The lowest BCUT2D eigenvalue weighted by Crippen LogP contribution is -2.21. The summed E-state index contributed by atoms with van der Waals surface area (Å²) in [6.45, 7) is 0.792. The molecule has 1 aromatic carbocycles. The van der Waals surface area contributed by atoms with Crippen molar-refractivity contribution < 1.29 is 23.4 Å². The van der Waals surface area contributed by atoms with Crippen LogP contribution in [0.3, 0.4) is 0 Å². The van der Waals surface area contributed by atoms with Crippen molar-refractivity contribution in [1.82, 2.24) is 4.98 Å². The van der Waals surface area contributed by atoms with Gasteiger partial charge in [0.15, 0.2) is 10.9 Å². The molecule has 4 rings (SSSR count). The Kier molecular flexibility index (Phi) is 4.02. The molecule has 0 atom stereocenters. The SMILES string of the molecule is COc1ccc2oc(-c3csc(NC(=O)C4=COCCO4)n3)cc2c1. The van der Waals surface area contributed by atoms with Crippen LogP contribution in [0.1, 0.15) is 0 Å². The molecule has 0 bridgehead atoms. The van der Waals surface area contributed by atoms with Gasteiger partial charge < -0.3 is 18.6 Å². The maximum Gasteiger partial charge on any atom is 0.295 e. The quantitative estimate of drug-likeness (QED) is 0.770. The molecule has 0 radical (unpaired) electrons. The summed E-state index contributed by atoms with van der Waals surface area (Å²) in [6, 6.07) is 7.46. The second kappa shape index (κ2) is 6.48. The number of hydrogen-bond acceptors (Lipinski definition) is 7. The minimum Gasteiger partial charge on any atom is -0.497 e. The van der Waals surface area contributed by atoms with Crippen LogP contribution >= 0.6 is 11.3 Å². The van der Waals surface area contributed by atoms with Gasteiger partial charge in [-0.05, 0) is 24.3 Å². The normalized spacial score (nSPS) is 13.7. The van der Waals surface area contributed by atoms with E-state index in [1.807, 2.05) is 29.6 Å². The predicted molar refractivity (Wildman–Crippen MR) is 92.5 cm³/mol. The standard InChI is InChI=1S/C17H14N2O5S/c1-21-11-2-3-13-10(6-11)7-14(24-13)12-9-25-17(18-12)19-16(20)15-8-22-4-5-23-15/h2-3,6-9H,4-5H2,1H3,(H,18,19,20). The van der Waals surface area contributed by atoms with Gasteiger partial charge in [0, 0.05) is 10.8 Å². The maximum absolute atomic E-state index is 12.1. The average molecular weight is 358 g/mol. The predicted octanol–water partition coefficient (Wildman–Crippen LogP) is 3.39. The second-order valence-electron chi connectivity index (χ2n) is 5.21.